The third kappa shape index (κ3) is 3.55. The summed E-state index contributed by atoms with van der Waals surface area (Å²) in [4.78, 5) is 9.20. The lowest BCUT2D eigenvalue weighted by Crippen LogP contribution is -2.28. The van der Waals surface area contributed by atoms with E-state index in [1.807, 2.05) is 6.21 Å². The molecule has 0 atom stereocenters. The van der Waals surface area contributed by atoms with Crippen LogP contribution in [0.4, 0.5) is 0 Å². The van der Waals surface area contributed by atoms with Crippen LogP contribution in [-0.2, 0) is 13.1 Å². The molecule has 2 aromatic carbocycles. The van der Waals surface area contributed by atoms with Crippen molar-refractivity contribution in [2.75, 3.05) is 33.2 Å². The van der Waals surface area contributed by atoms with Gasteiger partial charge in [-0.25, -0.2) is 0 Å². The lowest BCUT2D eigenvalue weighted by molar-refractivity contribution is 0.269. The first-order valence-corrected chi connectivity index (χ1v) is 9.30. The topological polar surface area (TPSA) is 42.6 Å². The van der Waals surface area contributed by atoms with Crippen LogP contribution < -0.4 is 0 Å². The van der Waals surface area contributed by atoms with Crippen molar-refractivity contribution in [2.45, 2.75) is 19.5 Å². The number of benzene rings is 2. The molecule has 132 valence electrons. The second-order valence-corrected chi connectivity index (χ2v) is 7.31. The van der Waals surface area contributed by atoms with Crippen molar-refractivity contribution in [1.29, 1.82) is 5.26 Å². The van der Waals surface area contributed by atoms with Crippen LogP contribution >= 0.6 is 0 Å². The van der Waals surface area contributed by atoms with Gasteiger partial charge in [-0.2, -0.15) is 5.26 Å². The monoisotopic (exact) mass is 344 g/mol. The van der Waals surface area contributed by atoms with Gasteiger partial charge in [0.25, 0.3) is 0 Å². The minimum atomic E-state index is 0.754. The van der Waals surface area contributed by atoms with E-state index in [2.05, 4.69) is 64.3 Å². The number of nitriles is 1. The zero-order valence-corrected chi connectivity index (χ0v) is 15.3. The summed E-state index contributed by atoms with van der Waals surface area (Å²) in [6.45, 7) is 6.17. The van der Waals surface area contributed by atoms with Gasteiger partial charge in [-0.1, -0.05) is 24.3 Å². The Morgan fingerprint density at radius 3 is 2.88 bits per heavy atom. The summed E-state index contributed by atoms with van der Waals surface area (Å²) >= 11 is 0. The molecule has 0 aliphatic carbocycles. The van der Waals surface area contributed by atoms with Crippen molar-refractivity contribution in [2.24, 2.45) is 4.99 Å². The predicted molar refractivity (Wildman–Crippen MR) is 105 cm³/mol. The Morgan fingerprint density at radius 2 is 2.00 bits per heavy atom. The highest BCUT2D eigenvalue weighted by atomic mass is 15.2. The van der Waals surface area contributed by atoms with Crippen LogP contribution in [0.25, 0.3) is 11.1 Å². The average Bonchev–Trinajstić information content (AvgIpc) is 3.04. The predicted octanol–water partition coefficient (Wildman–Crippen LogP) is 3.30. The molecule has 2 aliphatic heterocycles. The molecule has 2 aromatic rings. The number of hydrogen-bond acceptors (Lipinski definition) is 4. The van der Waals surface area contributed by atoms with E-state index in [0.717, 1.165) is 49.4 Å². The van der Waals surface area contributed by atoms with E-state index < -0.39 is 0 Å². The van der Waals surface area contributed by atoms with Gasteiger partial charge in [0.1, 0.15) is 0 Å². The molecule has 0 bridgehead atoms. The summed E-state index contributed by atoms with van der Waals surface area (Å²) in [5.41, 5.74) is 6.51. The summed E-state index contributed by atoms with van der Waals surface area (Å²) in [6.07, 6.45) is 3.13. The molecule has 4 rings (SSSR count). The molecule has 0 radical (unpaired) electrons. The number of aliphatic imine (C=N–C) groups is 1. The summed E-state index contributed by atoms with van der Waals surface area (Å²) in [5.74, 6) is 0. The number of rotatable bonds is 3. The maximum atomic E-state index is 9.69. The molecule has 0 N–H and O–H groups in total. The maximum Gasteiger partial charge on any atom is 0.0998 e. The Labute approximate surface area is 155 Å². The summed E-state index contributed by atoms with van der Waals surface area (Å²) in [6, 6.07) is 15.1. The second-order valence-electron chi connectivity index (χ2n) is 7.31. The van der Waals surface area contributed by atoms with Crippen LogP contribution in [0.15, 0.2) is 41.4 Å². The van der Waals surface area contributed by atoms with E-state index in [0.29, 0.717) is 0 Å². The van der Waals surface area contributed by atoms with E-state index >= 15 is 0 Å². The molecular weight excluding hydrogens is 320 g/mol. The summed E-state index contributed by atoms with van der Waals surface area (Å²) in [7, 11) is 2.19. The lowest BCUT2D eigenvalue weighted by Gasteiger charge is -2.20. The molecular formula is C22H24N4. The molecule has 0 saturated carbocycles. The standard InChI is InChI=1S/C22H24N4/c1-25-7-2-8-26(10-9-25)16-17-3-6-22(20(11-17)13-23)18-4-5-19-14-24-15-21(19)12-18/h3-6,11-12,15H,2,7-10,14,16H2,1H3. The van der Waals surface area contributed by atoms with Crippen LogP contribution in [0.1, 0.15) is 28.7 Å². The number of likely N-dealkylation sites (N-methyl/N-ethyl adjacent to an activating group) is 1. The van der Waals surface area contributed by atoms with Gasteiger partial charge in [0, 0.05) is 25.8 Å². The first-order chi connectivity index (χ1) is 12.7. The molecule has 2 heterocycles. The van der Waals surface area contributed by atoms with Gasteiger partial charge >= 0.3 is 0 Å². The van der Waals surface area contributed by atoms with Crippen LogP contribution in [0.2, 0.25) is 0 Å². The van der Waals surface area contributed by atoms with Gasteiger partial charge < -0.3 is 4.90 Å². The highest BCUT2D eigenvalue weighted by Crippen LogP contribution is 2.28. The Kier molecular flexibility index (Phi) is 4.83. The molecule has 1 fully saturated rings. The van der Waals surface area contributed by atoms with Gasteiger partial charge in [0.2, 0.25) is 0 Å². The van der Waals surface area contributed by atoms with E-state index in [9.17, 15) is 5.26 Å². The fourth-order valence-electron chi connectivity index (χ4n) is 3.82. The summed E-state index contributed by atoms with van der Waals surface area (Å²) < 4.78 is 0. The third-order valence-corrected chi connectivity index (χ3v) is 5.37. The molecule has 1 saturated heterocycles. The van der Waals surface area contributed by atoms with Crippen molar-refractivity contribution < 1.29 is 0 Å². The second kappa shape index (κ2) is 7.41. The van der Waals surface area contributed by atoms with Crippen LogP contribution in [-0.4, -0.2) is 49.2 Å². The normalized spacial score (nSPS) is 17.7. The van der Waals surface area contributed by atoms with Crippen molar-refractivity contribution >= 4 is 6.21 Å². The van der Waals surface area contributed by atoms with Crippen molar-refractivity contribution in [3.63, 3.8) is 0 Å². The number of fused-ring (bicyclic) bond motifs is 1. The van der Waals surface area contributed by atoms with E-state index in [-0.39, 0.29) is 0 Å². The first-order valence-electron chi connectivity index (χ1n) is 9.30. The van der Waals surface area contributed by atoms with Gasteiger partial charge in [-0.05, 0) is 66.5 Å². The van der Waals surface area contributed by atoms with Crippen molar-refractivity contribution in [3.8, 4) is 17.2 Å². The minimum Gasteiger partial charge on any atom is -0.305 e. The molecule has 26 heavy (non-hydrogen) atoms. The van der Waals surface area contributed by atoms with Crippen LogP contribution in [0.3, 0.4) is 0 Å². The Balaban J connectivity index is 1.57. The van der Waals surface area contributed by atoms with Gasteiger partial charge in [-0.3, -0.25) is 9.89 Å². The van der Waals surface area contributed by atoms with Crippen molar-refractivity contribution in [3.05, 3.63) is 58.7 Å². The Bertz CT molecular complexity index is 878. The molecule has 2 aliphatic rings. The van der Waals surface area contributed by atoms with E-state index in [1.165, 1.54) is 29.7 Å². The molecule has 0 amide bonds. The van der Waals surface area contributed by atoms with Gasteiger partial charge in [-0.15, -0.1) is 0 Å². The average molecular weight is 344 g/mol. The van der Waals surface area contributed by atoms with Crippen molar-refractivity contribution in [1.82, 2.24) is 9.80 Å². The quantitative estimate of drug-likeness (QED) is 0.858. The van der Waals surface area contributed by atoms with Gasteiger partial charge in [0.15, 0.2) is 0 Å². The fraction of sp³-hybridized carbons (Fsp3) is 0.364. The first kappa shape index (κ1) is 17.0. The number of nitrogens with zero attached hydrogens (tertiary/aromatic N) is 4. The summed E-state index contributed by atoms with van der Waals surface area (Å²) in [5, 5.41) is 9.69. The highest BCUT2D eigenvalue weighted by Gasteiger charge is 2.14. The highest BCUT2D eigenvalue weighted by molar-refractivity contribution is 5.87. The van der Waals surface area contributed by atoms with Gasteiger partial charge in [0.05, 0.1) is 18.2 Å². The lowest BCUT2D eigenvalue weighted by atomic mass is 9.95. The third-order valence-electron chi connectivity index (χ3n) is 5.37. The number of hydrogen-bond donors (Lipinski definition) is 0. The zero-order chi connectivity index (χ0) is 17.9. The largest absolute Gasteiger partial charge is 0.305 e. The Hall–Kier alpha value is -2.48. The SMILES string of the molecule is CN1CCCN(Cc2ccc(-c3ccc4c(c3)C=NC4)c(C#N)c2)CC1. The Morgan fingerprint density at radius 1 is 1.08 bits per heavy atom. The van der Waals surface area contributed by atoms with E-state index in [1.54, 1.807) is 0 Å². The van der Waals surface area contributed by atoms with E-state index in [4.69, 9.17) is 0 Å². The maximum absolute atomic E-state index is 9.69. The molecule has 0 unspecified atom stereocenters. The minimum absolute atomic E-state index is 0.754. The molecule has 0 aromatic heterocycles. The smallest absolute Gasteiger partial charge is 0.0998 e. The molecule has 0 spiro atoms. The molecule has 4 nitrogen and oxygen atoms in total. The van der Waals surface area contributed by atoms with Crippen LogP contribution in [0, 0.1) is 11.3 Å². The van der Waals surface area contributed by atoms with Crippen LogP contribution in [0.5, 0.6) is 0 Å². The fourth-order valence-corrected chi connectivity index (χ4v) is 3.82. The zero-order valence-electron chi connectivity index (χ0n) is 15.3. The molecule has 4 heteroatoms.